The molecule has 0 aliphatic carbocycles. The Morgan fingerprint density at radius 3 is 2.58 bits per heavy atom. The fraction of sp³-hybridized carbons (Fsp3) is 0.143. The Bertz CT molecular complexity index is 804. The number of fused-ring (bicyclic) bond motifs is 2. The number of methoxy groups -OCH3 is 1. The minimum Gasteiger partial charge on any atom is -0.494 e. The first kappa shape index (κ1) is 12.6. The number of aryl methyl sites for hydroxylation is 1. The van der Waals surface area contributed by atoms with E-state index in [-0.39, 0.29) is 0 Å². The van der Waals surface area contributed by atoms with Gasteiger partial charge in [-0.15, -0.1) is 0 Å². The van der Waals surface area contributed by atoms with Gasteiger partial charge in [0, 0.05) is 15.6 Å². The van der Waals surface area contributed by atoms with Crippen molar-refractivity contribution in [2.75, 3.05) is 7.11 Å². The molecule has 5 heteroatoms. The summed E-state index contributed by atoms with van der Waals surface area (Å²) < 4.78 is 6.33. The van der Waals surface area contributed by atoms with Crippen LogP contribution in [0.15, 0.2) is 28.7 Å². The average Bonchev–Trinajstić information content (AvgIpc) is 2.41. The molecule has 0 spiro atoms. The van der Waals surface area contributed by atoms with Crippen molar-refractivity contribution >= 4 is 49.6 Å². The normalized spacial score (nSPS) is 11.2. The Morgan fingerprint density at radius 2 is 1.84 bits per heavy atom. The summed E-state index contributed by atoms with van der Waals surface area (Å²) in [5.74, 6) is 0.637. The molecule has 0 saturated carbocycles. The standard InChI is InChI=1S/C14H10BrClN2O/c1-7-9(15)3-4-10-13(7)18-11-5-8(16)6-12(19-2)14(11)17-10/h3-6H,1-2H3. The second kappa shape index (κ2) is 4.62. The Hall–Kier alpha value is -1.39. The Kier molecular flexibility index (Phi) is 3.07. The zero-order valence-corrected chi connectivity index (χ0v) is 12.7. The smallest absolute Gasteiger partial charge is 0.148 e. The largest absolute Gasteiger partial charge is 0.494 e. The van der Waals surface area contributed by atoms with Gasteiger partial charge >= 0.3 is 0 Å². The third kappa shape index (κ3) is 2.05. The van der Waals surface area contributed by atoms with Crippen molar-refractivity contribution < 1.29 is 4.74 Å². The molecule has 0 aliphatic rings. The summed E-state index contributed by atoms with van der Waals surface area (Å²) in [6.07, 6.45) is 0. The average molecular weight is 338 g/mol. The van der Waals surface area contributed by atoms with Crippen LogP contribution >= 0.6 is 27.5 Å². The lowest BCUT2D eigenvalue weighted by atomic mass is 10.2. The van der Waals surface area contributed by atoms with Gasteiger partial charge in [-0.3, -0.25) is 0 Å². The van der Waals surface area contributed by atoms with Gasteiger partial charge in [-0.2, -0.15) is 0 Å². The highest BCUT2D eigenvalue weighted by Crippen LogP contribution is 2.31. The molecule has 0 atom stereocenters. The van der Waals surface area contributed by atoms with Crippen LogP contribution in [-0.4, -0.2) is 17.1 Å². The van der Waals surface area contributed by atoms with Gasteiger partial charge in [0.25, 0.3) is 0 Å². The van der Waals surface area contributed by atoms with E-state index in [9.17, 15) is 0 Å². The van der Waals surface area contributed by atoms with E-state index < -0.39 is 0 Å². The summed E-state index contributed by atoms with van der Waals surface area (Å²) >= 11 is 9.57. The van der Waals surface area contributed by atoms with Gasteiger partial charge in [-0.1, -0.05) is 27.5 Å². The highest BCUT2D eigenvalue weighted by atomic mass is 79.9. The van der Waals surface area contributed by atoms with Crippen molar-refractivity contribution in [3.05, 3.63) is 39.3 Å². The molecule has 0 bridgehead atoms. The van der Waals surface area contributed by atoms with E-state index in [0.29, 0.717) is 10.8 Å². The van der Waals surface area contributed by atoms with Gasteiger partial charge in [0.05, 0.1) is 23.7 Å². The van der Waals surface area contributed by atoms with Crippen LogP contribution in [0.1, 0.15) is 5.56 Å². The van der Waals surface area contributed by atoms with Crippen LogP contribution in [0.25, 0.3) is 22.1 Å². The lowest BCUT2D eigenvalue weighted by Gasteiger charge is -2.08. The number of hydrogen-bond donors (Lipinski definition) is 0. The van der Waals surface area contributed by atoms with E-state index in [0.717, 1.165) is 32.1 Å². The van der Waals surface area contributed by atoms with E-state index in [2.05, 4.69) is 25.9 Å². The molecule has 2 aromatic carbocycles. The predicted molar refractivity (Wildman–Crippen MR) is 81.0 cm³/mol. The maximum absolute atomic E-state index is 6.07. The molecule has 19 heavy (non-hydrogen) atoms. The second-order valence-electron chi connectivity index (χ2n) is 4.24. The zero-order chi connectivity index (χ0) is 13.6. The Labute approximate surface area is 123 Å². The van der Waals surface area contributed by atoms with E-state index in [1.165, 1.54) is 0 Å². The molecule has 3 rings (SSSR count). The summed E-state index contributed by atoms with van der Waals surface area (Å²) in [4.78, 5) is 9.28. The third-order valence-electron chi connectivity index (χ3n) is 3.05. The first-order valence-corrected chi connectivity index (χ1v) is 6.87. The van der Waals surface area contributed by atoms with Crippen LogP contribution in [-0.2, 0) is 0 Å². The number of hydrogen-bond acceptors (Lipinski definition) is 3. The molecular formula is C14H10BrClN2O. The molecule has 0 saturated heterocycles. The van der Waals surface area contributed by atoms with Crippen molar-refractivity contribution in [3.8, 4) is 5.75 Å². The van der Waals surface area contributed by atoms with Crippen molar-refractivity contribution in [2.45, 2.75) is 6.92 Å². The van der Waals surface area contributed by atoms with E-state index in [1.807, 2.05) is 19.1 Å². The monoisotopic (exact) mass is 336 g/mol. The lowest BCUT2D eigenvalue weighted by molar-refractivity contribution is 0.419. The molecule has 3 aromatic rings. The van der Waals surface area contributed by atoms with Crippen LogP contribution in [0.2, 0.25) is 5.02 Å². The van der Waals surface area contributed by atoms with Gasteiger partial charge in [0.15, 0.2) is 0 Å². The molecule has 0 unspecified atom stereocenters. The topological polar surface area (TPSA) is 35.0 Å². The van der Waals surface area contributed by atoms with Gasteiger partial charge in [-0.05, 0) is 30.7 Å². The quantitative estimate of drug-likeness (QED) is 0.613. The fourth-order valence-corrected chi connectivity index (χ4v) is 2.57. The molecule has 0 amide bonds. The maximum atomic E-state index is 6.07. The van der Waals surface area contributed by atoms with Crippen molar-refractivity contribution in [2.24, 2.45) is 0 Å². The third-order valence-corrected chi connectivity index (χ3v) is 4.12. The fourth-order valence-electron chi connectivity index (χ4n) is 2.05. The molecule has 3 nitrogen and oxygen atoms in total. The Balaban J connectivity index is 2.48. The predicted octanol–water partition coefficient (Wildman–Crippen LogP) is 4.52. The molecule has 0 N–H and O–H groups in total. The van der Waals surface area contributed by atoms with E-state index in [1.54, 1.807) is 19.2 Å². The van der Waals surface area contributed by atoms with Gasteiger partial charge < -0.3 is 4.74 Å². The Morgan fingerprint density at radius 1 is 1.11 bits per heavy atom. The second-order valence-corrected chi connectivity index (χ2v) is 5.53. The number of ether oxygens (including phenoxy) is 1. The molecule has 1 heterocycles. The summed E-state index contributed by atoms with van der Waals surface area (Å²) in [5, 5.41) is 0.589. The zero-order valence-electron chi connectivity index (χ0n) is 10.4. The summed E-state index contributed by atoms with van der Waals surface area (Å²) in [6, 6.07) is 7.45. The first-order chi connectivity index (χ1) is 9.10. The number of rotatable bonds is 1. The SMILES string of the molecule is COc1cc(Cl)cc2nc3c(C)c(Br)ccc3nc12. The van der Waals surface area contributed by atoms with Crippen LogP contribution in [0.3, 0.4) is 0 Å². The number of aromatic nitrogens is 2. The first-order valence-electron chi connectivity index (χ1n) is 5.70. The maximum Gasteiger partial charge on any atom is 0.148 e. The van der Waals surface area contributed by atoms with Crippen LogP contribution in [0.4, 0.5) is 0 Å². The lowest BCUT2D eigenvalue weighted by Crippen LogP contribution is -1.94. The highest BCUT2D eigenvalue weighted by molar-refractivity contribution is 9.10. The molecule has 0 aliphatic heterocycles. The molecular weight excluding hydrogens is 328 g/mol. The minimum absolute atomic E-state index is 0.589. The van der Waals surface area contributed by atoms with Gasteiger partial charge in [0.2, 0.25) is 0 Å². The summed E-state index contributed by atoms with van der Waals surface area (Å²) in [7, 11) is 1.60. The highest BCUT2D eigenvalue weighted by Gasteiger charge is 2.11. The van der Waals surface area contributed by atoms with Crippen LogP contribution in [0, 0.1) is 6.92 Å². The molecule has 0 fully saturated rings. The van der Waals surface area contributed by atoms with Crippen molar-refractivity contribution in [3.63, 3.8) is 0 Å². The minimum atomic E-state index is 0.589. The van der Waals surface area contributed by atoms with Crippen LogP contribution < -0.4 is 4.74 Å². The number of benzene rings is 2. The molecule has 96 valence electrons. The van der Waals surface area contributed by atoms with E-state index in [4.69, 9.17) is 16.3 Å². The van der Waals surface area contributed by atoms with E-state index >= 15 is 0 Å². The number of nitrogens with zero attached hydrogens (tertiary/aromatic N) is 2. The van der Waals surface area contributed by atoms with Gasteiger partial charge in [0.1, 0.15) is 11.3 Å². The number of halogens is 2. The van der Waals surface area contributed by atoms with Crippen molar-refractivity contribution in [1.29, 1.82) is 0 Å². The van der Waals surface area contributed by atoms with Crippen LogP contribution in [0.5, 0.6) is 5.75 Å². The van der Waals surface area contributed by atoms with Gasteiger partial charge in [-0.25, -0.2) is 9.97 Å². The molecule has 0 radical (unpaired) electrons. The summed E-state index contributed by atoms with van der Waals surface area (Å²) in [5.41, 5.74) is 4.23. The summed E-state index contributed by atoms with van der Waals surface area (Å²) in [6.45, 7) is 2.01. The molecule has 1 aromatic heterocycles. The van der Waals surface area contributed by atoms with Crippen molar-refractivity contribution in [1.82, 2.24) is 9.97 Å².